The first kappa shape index (κ1) is 11.0. The summed E-state index contributed by atoms with van der Waals surface area (Å²) in [5.74, 6) is -0.496. The minimum atomic E-state index is -0.536. The van der Waals surface area contributed by atoms with Crippen LogP contribution in [0.1, 0.15) is 12.8 Å². The summed E-state index contributed by atoms with van der Waals surface area (Å²) >= 11 is 0. The Bertz CT molecular complexity index is 249. The number of hydrogen-bond acceptors (Lipinski definition) is 4. The van der Waals surface area contributed by atoms with E-state index in [1.54, 1.807) is 6.07 Å². The molecular formula is C9H14N2O3. The van der Waals surface area contributed by atoms with Crippen LogP contribution in [0.3, 0.4) is 0 Å². The fraction of sp³-hybridized carbons (Fsp3) is 0.778. The van der Waals surface area contributed by atoms with Crippen molar-refractivity contribution in [1.29, 1.82) is 5.26 Å². The molecule has 2 N–H and O–H groups in total. The number of carbonyl (C=O) groups excluding carboxylic acids is 1. The van der Waals surface area contributed by atoms with Gasteiger partial charge in [-0.1, -0.05) is 0 Å². The monoisotopic (exact) mass is 198 g/mol. The Balaban J connectivity index is 2.50. The fourth-order valence-corrected chi connectivity index (χ4v) is 1.61. The zero-order chi connectivity index (χ0) is 10.6. The molecule has 1 aliphatic heterocycles. The van der Waals surface area contributed by atoms with Crippen LogP contribution in [0.4, 0.5) is 0 Å². The second-order valence-electron chi connectivity index (χ2n) is 3.47. The summed E-state index contributed by atoms with van der Waals surface area (Å²) in [4.78, 5) is 12.8. The summed E-state index contributed by atoms with van der Waals surface area (Å²) in [6.45, 7) is 0.688. The highest BCUT2D eigenvalue weighted by atomic mass is 16.3. The molecule has 0 bridgehead atoms. The van der Waals surface area contributed by atoms with E-state index in [1.807, 2.05) is 0 Å². The first-order valence-corrected chi connectivity index (χ1v) is 4.62. The molecule has 2 unspecified atom stereocenters. The second-order valence-corrected chi connectivity index (χ2v) is 3.47. The summed E-state index contributed by atoms with van der Waals surface area (Å²) in [7, 11) is 0. The molecule has 0 saturated carbocycles. The molecule has 1 aliphatic rings. The Hall–Kier alpha value is -1.12. The van der Waals surface area contributed by atoms with Crippen LogP contribution in [0.15, 0.2) is 0 Å². The molecule has 0 aliphatic carbocycles. The highest BCUT2D eigenvalue weighted by Crippen LogP contribution is 2.17. The lowest BCUT2D eigenvalue weighted by molar-refractivity contribution is -0.134. The first-order valence-electron chi connectivity index (χ1n) is 4.62. The van der Waals surface area contributed by atoms with Crippen LogP contribution in [0.5, 0.6) is 0 Å². The molecule has 0 aromatic carbocycles. The van der Waals surface area contributed by atoms with Crippen LogP contribution in [0.2, 0.25) is 0 Å². The number of nitrogens with zero attached hydrogens (tertiary/aromatic N) is 2. The predicted molar refractivity (Wildman–Crippen MR) is 48.0 cm³/mol. The van der Waals surface area contributed by atoms with Crippen LogP contribution in [0, 0.1) is 17.2 Å². The molecule has 2 atom stereocenters. The molecular weight excluding hydrogens is 184 g/mol. The van der Waals surface area contributed by atoms with Gasteiger partial charge in [-0.3, -0.25) is 4.79 Å². The van der Waals surface area contributed by atoms with Crippen molar-refractivity contribution >= 4 is 5.91 Å². The average molecular weight is 198 g/mol. The van der Waals surface area contributed by atoms with Gasteiger partial charge < -0.3 is 15.1 Å². The van der Waals surface area contributed by atoms with E-state index in [2.05, 4.69) is 0 Å². The summed E-state index contributed by atoms with van der Waals surface area (Å²) in [6, 6.07) is 1.79. The minimum absolute atomic E-state index is 0.127. The van der Waals surface area contributed by atoms with Gasteiger partial charge in [0.25, 0.3) is 0 Å². The lowest BCUT2D eigenvalue weighted by Gasteiger charge is -2.34. The molecule has 1 saturated heterocycles. The highest BCUT2D eigenvalue weighted by molar-refractivity contribution is 5.78. The largest absolute Gasteiger partial charge is 0.396 e. The minimum Gasteiger partial charge on any atom is -0.396 e. The van der Waals surface area contributed by atoms with Crippen molar-refractivity contribution in [2.45, 2.75) is 18.9 Å². The smallest absolute Gasteiger partial charge is 0.236 e. The molecule has 1 rings (SSSR count). The van der Waals surface area contributed by atoms with Gasteiger partial charge in [-0.2, -0.15) is 5.26 Å². The Morgan fingerprint density at radius 2 is 2.36 bits per heavy atom. The molecule has 5 nitrogen and oxygen atoms in total. The van der Waals surface area contributed by atoms with Gasteiger partial charge in [-0.05, 0) is 6.42 Å². The van der Waals surface area contributed by atoms with E-state index < -0.39 is 6.10 Å². The van der Waals surface area contributed by atoms with Gasteiger partial charge in [0.05, 0.1) is 18.8 Å². The van der Waals surface area contributed by atoms with E-state index in [1.165, 1.54) is 4.90 Å². The number of aliphatic hydroxyl groups is 2. The summed E-state index contributed by atoms with van der Waals surface area (Å²) < 4.78 is 0. The molecule has 1 amide bonds. The zero-order valence-corrected chi connectivity index (χ0v) is 7.89. The normalized spacial score (nSPS) is 27.1. The summed E-state index contributed by atoms with van der Waals surface area (Å²) in [5.41, 5.74) is 0. The Morgan fingerprint density at radius 1 is 1.64 bits per heavy atom. The number of likely N-dealkylation sites (tertiary alicyclic amines) is 1. The summed E-state index contributed by atoms with van der Waals surface area (Å²) in [6.07, 6.45) is -0.192. The lowest BCUT2D eigenvalue weighted by atomic mass is 9.95. The van der Waals surface area contributed by atoms with Gasteiger partial charge in [0, 0.05) is 19.0 Å². The average Bonchev–Trinajstić information content (AvgIpc) is 2.19. The van der Waals surface area contributed by atoms with E-state index in [4.69, 9.17) is 10.4 Å². The third-order valence-electron chi connectivity index (χ3n) is 2.51. The first-order chi connectivity index (χ1) is 6.69. The van der Waals surface area contributed by atoms with Crippen LogP contribution in [-0.2, 0) is 4.79 Å². The maximum atomic E-state index is 11.3. The van der Waals surface area contributed by atoms with Crippen LogP contribution in [0.25, 0.3) is 0 Å². The van der Waals surface area contributed by atoms with Gasteiger partial charge in [-0.15, -0.1) is 0 Å². The highest BCUT2D eigenvalue weighted by Gasteiger charge is 2.29. The molecule has 1 fully saturated rings. The zero-order valence-electron chi connectivity index (χ0n) is 7.89. The van der Waals surface area contributed by atoms with Crippen molar-refractivity contribution in [2.75, 3.05) is 19.7 Å². The maximum Gasteiger partial charge on any atom is 0.236 e. The molecule has 0 spiro atoms. The van der Waals surface area contributed by atoms with Crippen LogP contribution >= 0.6 is 0 Å². The predicted octanol–water partition coefficient (Wildman–Crippen LogP) is -0.898. The van der Waals surface area contributed by atoms with Crippen molar-refractivity contribution in [1.82, 2.24) is 4.90 Å². The van der Waals surface area contributed by atoms with Crippen molar-refractivity contribution in [3.05, 3.63) is 0 Å². The molecule has 1 heterocycles. The topological polar surface area (TPSA) is 84.6 Å². The van der Waals surface area contributed by atoms with Crippen molar-refractivity contribution in [3.63, 3.8) is 0 Å². The molecule has 78 valence electrons. The lowest BCUT2D eigenvalue weighted by Crippen LogP contribution is -2.47. The van der Waals surface area contributed by atoms with E-state index >= 15 is 0 Å². The van der Waals surface area contributed by atoms with Crippen LogP contribution in [-0.4, -0.2) is 46.8 Å². The second kappa shape index (κ2) is 4.94. The molecule has 14 heavy (non-hydrogen) atoms. The van der Waals surface area contributed by atoms with Crippen molar-refractivity contribution < 1.29 is 15.0 Å². The Labute approximate surface area is 82.6 Å². The van der Waals surface area contributed by atoms with Gasteiger partial charge in [0.1, 0.15) is 6.42 Å². The van der Waals surface area contributed by atoms with E-state index in [9.17, 15) is 9.90 Å². The van der Waals surface area contributed by atoms with Gasteiger partial charge >= 0.3 is 0 Å². The molecule has 0 aromatic rings. The van der Waals surface area contributed by atoms with Crippen molar-refractivity contribution in [3.8, 4) is 6.07 Å². The third kappa shape index (κ3) is 2.44. The number of nitriles is 1. The molecule has 0 radical (unpaired) electrons. The Kier molecular flexibility index (Phi) is 3.86. The molecule has 0 aromatic heterocycles. The molecule has 5 heteroatoms. The van der Waals surface area contributed by atoms with Gasteiger partial charge in [-0.25, -0.2) is 0 Å². The SMILES string of the molecule is N#CCC(=O)N1CCC(O)C(CO)C1. The Morgan fingerprint density at radius 3 is 2.93 bits per heavy atom. The third-order valence-corrected chi connectivity index (χ3v) is 2.51. The number of aliphatic hydroxyl groups excluding tert-OH is 2. The quantitative estimate of drug-likeness (QED) is 0.602. The number of amides is 1. The number of piperidine rings is 1. The van der Waals surface area contributed by atoms with Gasteiger partial charge in [0.2, 0.25) is 5.91 Å². The standard InChI is InChI=1S/C9H14N2O3/c10-3-1-9(14)11-4-2-8(13)7(5-11)6-12/h7-8,12-13H,1-2,4-6H2. The number of rotatable bonds is 2. The fourth-order valence-electron chi connectivity index (χ4n) is 1.61. The van der Waals surface area contributed by atoms with E-state index in [-0.39, 0.29) is 24.9 Å². The van der Waals surface area contributed by atoms with E-state index in [0.29, 0.717) is 19.5 Å². The van der Waals surface area contributed by atoms with Crippen LogP contribution < -0.4 is 0 Å². The number of carbonyl (C=O) groups is 1. The van der Waals surface area contributed by atoms with Gasteiger partial charge in [0.15, 0.2) is 0 Å². The number of hydrogen-bond donors (Lipinski definition) is 2. The summed E-state index contributed by atoms with van der Waals surface area (Å²) in [5, 5.41) is 26.7. The van der Waals surface area contributed by atoms with E-state index in [0.717, 1.165) is 0 Å². The maximum absolute atomic E-state index is 11.3. The van der Waals surface area contributed by atoms with Crippen molar-refractivity contribution in [2.24, 2.45) is 5.92 Å².